The fraction of sp³-hybridized carbons (Fsp3) is 1.00. The first-order chi connectivity index (χ1) is 51.0. The van der Waals surface area contributed by atoms with Crippen molar-refractivity contribution in [3.05, 3.63) is 0 Å². The third kappa shape index (κ3) is 49.2. The van der Waals surface area contributed by atoms with Crippen molar-refractivity contribution < 1.29 is 28.8 Å². The molecule has 0 fully saturated rings. The number of hydrogen-bond donors (Lipinski definition) is 0. The molecule has 0 aromatic carbocycles. The fourth-order valence-electron chi connectivity index (χ4n) is 17.6. The summed E-state index contributed by atoms with van der Waals surface area (Å²) < 4.78 is 64.9. The van der Waals surface area contributed by atoms with Crippen LogP contribution in [0.5, 0.6) is 0 Å². The van der Waals surface area contributed by atoms with Crippen LogP contribution < -0.4 is 0 Å². The zero-order valence-corrected chi connectivity index (χ0v) is 83.8. The van der Waals surface area contributed by atoms with Crippen molar-refractivity contribution in [2.24, 2.45) is 0 Å². The van der Waals surface area contributed by atoms with E-state index in [1.807, 2.05) is 0 Å². The largest absolute Gasteiger partial charge is 0.436 e. The average Bonchev–Trinajstić information content (AvgIpc) is 0.761. The Bertz CT molecular complexity index is 1600. The molecule has 105 heavy (non-hydrogen) atoms. The summed E-state index contributed by atoms with van der Waals surface area (Å²) in [6.45, 7) is 44.0. The van der Waals surface area contributed by atoms with Crippen molar-refractivity contribution in [2.75, 3.05) is 0 Å². The van der Waals surface area contributed by atoms with Gasteiger partial charge in [0.05, 0.1) is 0 Å². The molecule has 0 bridgehead atoms. The predicted molar refractivity (Wildman–Crippen MR) is 492 cm³/mol. The Morgan fingerprint density at radius 3 is 0.286 bits per heavy atom. The van der Waals surface area contributed by atoms with Gasteiger partial charge in [0.2, 0.25) is 0 Å². The number of hydrogen-bond acceptors (Lipinski definition) is 7. The van der Waals surface area contributed by atoms with Crippen LogP contribution in [0.3, 0.4) is 0 Å². The zero-order valence-electron chi connectivity index (χ0n) is 75.8. The highest BCUT2D eigenvalue weighted by Crippen LogP contribution is 2.49. The molecule has 0 saturated carbocycles. The summed E-state index contributed by atoms with van der Waals surface area (Å²) in [5.41, 5.74) is 0. The van der Waals surface area contributed by atoms with Gasteiger partial charge in [0.1, 0.15) is 0 Å². The molecule has 0 aliphatic carbocycles. The Labute approximate surface area is 672 Å². The summed E-state index contributed by atoms with van der Waals surface area (Å²) in [4.78, 5) is 0. The molecule has 0 aliphatic rings. The van der Waals surface area contributed by atoms with Crippen LogP contribution in [0.4, 0.5) is 0 Å². The topological polar surface area (TPSA) is 64.6 Å². The van der Waals surface area contributed by atoms with E-state index in [1.54, 1.807) is 0 Å². The fourth-order valence-corrected chi connectivity index (χ4v) is 70.8. The smallest absolute Gasteiger partial charge is 0.320 e. The molecule has 0 atom stereocenters. The monoisotopic (exact) mass is 1620 g/mol. The van der Waals surface area contributed by atoms with Crippen LogP contribution in [-0.4, -0.2) is 68.0 Å². The molecule has 0 N–H and O–H groups in total. The van der Waals surface area contributed by atoms with Crippen LogP contribution in [0.15, 0.2) is 0 Å². The van der Waals surface area contributed by atoms with E-state index in [9.17, 15) is 20.6 Å². The van der Waals surface area contributed by atoms with E-state index >= 15 is 0 Å². The zero-order chi connectivity index (χ0) is 77.9. The average molecular weight is 1620 g/mol. The van der Waals surface area contributed by atoms with Crippen molar-refractivity contribution in [2.45, 2.75) is 580 Å². The van der Waals surface area contributed by atoms with Crippen LogP contribution in [0.1, 0.15) is 471 Å². The van der Waals surface area contributed by atoms with Gasteiger partial charge in [0.25, 0.3) is 0 Å². The highest BCUT2D eigenvalue weighted by molar-refractivity contribution is 6.95. The van der Waals surface area contributed by atoms with Crippen molar-refractivity contribution in [1.29, 1.82) is 0 Å². The van der Waals surface area contributed by atoms with E-state index in [1.165, 1.54) is 383 Å². The first kappa shape index (κ1) is 106. The summed E-state index contributed by atoms with van der Waals surface area (Å²) >= 11 is 0. The second kappa shape index (κ2) is 69.7. The van der Waals surface area contributed by atoms with E-state index in [-0.39, 0.29) is 0 Å². The summed E-state index contributed by atoms with van der Waals surface area (Å²) in [7, 11) is -23.5. The minimum Gasteiger partial charge on any atom is -0.436 e. The quantitative estimate of drug-likeness (QED) is 0.0444. The standard InChI is InChI=1S/C90H198O7Si8/c1-19-37-55-73-98(74-56-38-20-2,75-57-39-21-3)91-100(79-61-43-25-7,80-62-44-26-8)93-102(83-65-47-29-11,84-66-48-30-12)95-104(87-69-51-33-15,88-70-52-34-16)97-105(89-71-53-35-17,90-72-54-36-18)96-103(85-67-49-31-13,86-68-50-32-14)94-101(81-63-45-27-9,82-64-46-28-10)92-99(76-58-40-22-4,77-59-41-23-5)78-60-42-24-6/h19-90H2,1-18H3. The maximum Gasteiger partial charge on any atom is 0.320 e. The highest BCUT2D eigenvalue weighted by Gasteiger charge is 2.61. The van der Waals surface area contributed by atoms with Gasteiger partial charge < -0.3 is 28.8 Å². The lowest BCUT2D eigenvalue weighted by molar-refractivity contribution is 0.226. The van der Waals surface area contributed by atoms with Crippen LogP contribution in [0.2, 0.25) is 109 Å². The SMILES string of the molecule is CCCCC[Si](CCCCC)(CCCCC)O[Si](CCCCC)(CCCCC)O[Si](CCCCC)(CCCCC)O[Si](CCCCC)(CCCCC)O[Si](CCCCC)(CCCCC)O[Si](CCCCC)(CCCCC)O[Si](CCCCC)(CCCCC)O[Si](CCCCC)(CCCCC)CCCCC. The lowest BCUT2D eigenvalue weighted by atomic mass is 10.3. The lowest BCUT2D eigenvalue weighted by Crippen LogP contribution is -2.67. The highest BCUT2D eigenvalue weighted by atomic mass is 28.5. The lowest BCUT2D eigenvalue weighted by Gasteiger charge is -2.52. The van der Waals surface area contributed by atoms with Gasteiger partial charge in [-0.2, -0.15) is 0 Å². The molecule has 0 unspecified atom stereocenters. The second-order valence-corrected chi connectivity index (χ2v) is 65.1. The number of rotatable bonds is 86. The summed E-state index contributed by atoms with van der Waals surface area (Å²) in [6, 6.07) is 21.2. The normalized spacial score (nSPS) is 13.2. The van der Waals surface area contributed by atoms with Gasteiger partial charge in [-0.05, 0) is 109 Å². The Kier molecular flexibility index (Phi) is 70.7. The maximum absolute atomic E-state index is 9.48. The predicted octanol–water partition coefficient (Wildman–Crippen LogP) is 35.1. The van der Waals surface area contributed by atoms with Gasteiger partial charge in [-0.25, -0.2) is 0 Å². The molecule has 0 aliphatic heterocycles. The molecule has 0 rings (SSSR count). The minimum absolute atomic E-state index is 1.08. The van der Waals surface area contributed by atoms with Gasteiger partial charge in [0.15, 0.2) is 16.6 Å². The van der Waals surface area contributed by atoms with Crippen molar-refractivity contribution in [3.63, 3.8) is 0 Å². The molecule has 0 amide bonds. The van der Waals surface area contributed by atoms with Crippen molar-refractivity contribution >= 4 is 68.0 Å². The molecule has 0 spiro atoms. The third-order valence-corrected chi connectivity index (χ3v) is 66.3. The van der Waals surface area contributed by atoms with Crippen LogP contribution in [0.25, 0.3) is 0 Å². The van der Waals surface area contributed by atoms with E-state index in [0.29, 0.717) is 0 Å². The van der Waals surface area contributed by atoms with E-state index in [0.717, 1.165) is 72.5 Å². The van der Waals surface area contributed by atoms with E-state index in [4.69, 9.17) is 8.23 Å². The van der Waals surface area contributed by atoms with Crippen LogP contribution >= 0.6 is 0 Å². The van der Waals surface area contributed by atoms with Crippen molar-refractivity contribution in [1.82, 2.24) is 0 Å². The Hall–Kier alpha value is 1.46. The molecule has 7 nitrogen and oxygen atoms in total. The minimum atomic E-state index is -3.27. The molecule has 0 radical (unpaired) electrons. The summed E-state index contributed by atoms with van der Waals surface area (Å²) in [5.74, 6) is 0. The summed E-state index contributed by atoms with van der Waals surface area (Å²) in [6.07, 6.45) is 67.4. The van der Waals surface area contributed by atoms with Gasteiger partial charge in [-0.1, -0.05) is 471 Å². The Morgan fingerprint density at radius 2 is 0.190 bits per heavy atom. The molecule has 0 saturated heterocycles. The van der Waals surface area contributed by atoms with Crippen LogP contribution in [-0.2, 0) is 28.8 Å². The van der Waals surface area contributed by atoms with Gasteiger partial charge in [-0.15, -0.1) is 0 Å². The maximum atomic E-state index is 9.48. The van der Waals surface area contributed by atoms with Crippen molar-refractivity contribution in [3.8, 4) is 0 Å². The van der Waals surface area contributed by atoms with Crippen LogP contribution in [0, 0.1) is 0 Å². The van der Waals surface area contributed by atoms with Gasteiger partial charge >= 0.3 is 51.4 Å². The second-order valence-electron chi connectivity index (χ2n) is 34.8. The van der Waals surface area contributed by atoms with E-state index in [2.05, 4.69) is 125 Å². The number of unbranched alkanes of at least 4 members (excludes halogenated alkanes) is 36. The molecule has 0 heterocycles. The molecular formula is C90H198O7Si8. The molecular weight excluding hydrogens is 1420 g/mol. The summed E-state index contributed by atoms with van der Waals surface area (Å²) in [5, 5.41) is 0. The van der Waals surface area contributed by atoms with Gasteiger partial charge in [0, 0.05) is 0 Å². The van der Waals surface area contributed by atoms with Gasteiger partial charge in [-0.3, -0.25) is 0 Å². The Balaban J connectivity index is 10.6. The van der Waals surface area contributed by atoms with E-state index < -0.39 is 68.0 Å². The Morgan fingerprint density at radius 1 is 0.105 bits per heavy atom. The molecule has 0 aromatic heterocycles. The molecule has 15 heteroatoms. The third-order valence-electron chi connectivity index (χ3n) is 24.0. The first-order valence-corrected chi connectivity index (χ1v) is 67.4. The first-order valence-electron chi connectivity index (χ1n) is 48.9. The molecule has 0 aromatic rings. The molecule has 632 valence electrons.